The van der Waals surface area contributed by atoms with Crippen LogP contribution in [0.1, 0.15) is 18.4 Å². The standard InChI is InChI=1S/C14H16N2O2/c1-18-12-5-2-10(7-15)13(6-12)16-8-14(17,9-16)11-3-4-11/h2,5-6,11,17H,3-4,8-9H2,1H3. The number of hydrogen-bond donors (Lipinski definition) is 1. The Labute approximate surface area is 106 Å². The summed E-state index contributed by atoms with van der Waals surface area (Å²) in [6.45, 7) is 1.25. The second kappa shape index (κ2) is 3.89. The first-order valence-corrected chi connectivity index (χ1v) is 6.22. The maximum atomic E-state index is 10.3. The summed E-state index contributed by atoms with van der Waals surface area (Å²) < 4.78 is 5.19. The third-order valence-corrected chi connectivity index (χ3v) is 3.93. The van der Waals surface area contributed by atoms with Crippen molar-refractivity contribution >= 4 is 5.69 Å². The van der Waals surface area contributed by atoms with Crippen LogP contribution in [0, 0.1) is 17.2 Å². The Morgan fingerprint density at radius 3 is 2.72 bits per heavy atom. The third kappa shape index (κ3) is 1.72. The maximum absolute atomic E-state index is 10.3. The molecule has 1 aromatic rings. The van der Waals surface area contributed by atoms with Crippen molar-refractivity contribution in [1.82, 2.24) is 0 Å². The highest BCUT2D eigenvalue weighted by Gasteiger charge is 2.52. The van der Waals surface area contributed by atoms with E-state index < -0.39 is 5.60 Å². The number of hydrogen-bond acceptors (Lipinski definition) is 4. The SMILES string of the molecule is COc1ccc(C#N)c(N2CC(O)(C3CC3)C2)c1. The lowest BCUT2D eigenvalue weighted by Gasteiger charge is -2.48. The van der Waals surface area contributed by atoms with Crippen LogP contribution in [0.5, 0.6) is 5.75 Å². The fourth-order valence-electron chi connectivity index (χ4n) is 2.66. The molecule has 4 nitrogen and oxygen atoms in total. The van der Waals surface area contributed by atoms with Gasteiger partial charge in [0.15, 0.2) is 0 Å². The van der Waals surface area contributed by atoms with Gasteiger partial charge in [-0.2, -0.15) is 5.26 Å². The van der Waals surface area contributed by atoms with Crippen LogP contribution in [0.15, 0.2) is 18.2 Å². The van der Waals surface area contributed by atoms with E-state index in [0.29, 0.717) is 24.6 Å². The highest BCUT2D eigenvalue weighted by Crippen LogP contribution is 2.46. The van der Waals surface area contributed by atoms with E-state index in [9.17, 15) is 5.11 Å². The first kappa shape index (κ1) is 11.4. The van der Waals surface area contributed by atoms with Gasteiger partial charge in [0.05, 0.1) is 18.4 Å². The fourth-order valence-corrected chi connectivity index (χ4v) is 2.66. The van der Waals surface area contributed by atoms with Crippen molar-refractivity contribution < 1.29 is 9.84 Å². The minimum Gasteiger partial charge on any atom is -0.497 e. The molecular formula is C14H16N2O2. The van der Waals surface area contributed by atoms with Gasteiger partial charge in [-0.05, 0) is 30.9 Å². The fraction of sp³-hybridized carbons (Fsp3) is 0.500. The number of ether oxygens (including phenoxy) is 1. The molecule has 1 N–H and O–H groups in total. The Morgan fingerprint density at radius 2 is 2.17 bits per heavy atom. The van der Waals surface area contributed by atoms with E-state index in [1.807, 2.05) is 6.07 Å². The van der Waals surface area contributed by atoms with E-state index >= 15 is 0 Å². The number of β-amino-alcohol motifs (C(OH)–C–C–N with tert-alkyl or cyclic N) is 1. The van der Waals surface area contributed by atoms with Crippen LogP contribution < -0.4 is 9.64 Å². The van der Waals surface area contributed by atoms with Crippen LogP contribution in [-0.2, 0) is 0 Å². The molecule has 1 aromatic carbocycles. The molecule has 94 valence electrons. The highest BCUT2D eigenvalue weighted by atomic mass is 16.5. The summed E-state index contributed by atoms with van der Waals surface area (Å²) in [5, 5.41) is 19.4. The topological polar surface area (TPSA) is 56.5 Å². The lowest BCUT2D eigenvalue weighted by molar-refractivity contribution is -0.00934. The molecule has 1 saturated carbocycles. The number of nitriles is 1. The monoisotopic (exact) mass is 244 g/mol. The van der Waals surface area contributed by atoms with Gasteiger partial charge < -0.3 is 14.7 Å². The normalized spacial score (nSPS) is 21.1. The van der Waals surface area contributed by atoms with Crippen LogP contribution in [0.25, 0.3) is 0 Å². The molecule has 0 spiro atoms. The van der Waals surface area contributed by atoms with Crippen LogP contribution in [0.3, 0.4) is 0 Å². The van der Waals surface area contributed by atoms with Crippen molar-refractivity contribution in [3.05, 3.63) is 23.8 Å². The summed E-state index contributed by atoms with van der Waals surface area (Å²) >= 11 is 0. The third-order valence-electron chi connectivity index (χ3n) is 3.93. The second-order valence-corrected chi connectivity index (χ2v) is 5.23. The minimum atomic E-state index is -0.532. The molecule has 0 atom stereocenters. The lowest BCUT2D eigenvalue weighted by Crippen LogP contribution is -2.63. The zero-order valence-corrected chi connectivity index (χ0v) is 10.4. The van der Waals surface area contributed by atoms with Gasteiger partial charge in [-0.1, -0.05) is 0 Å². The molecule has 3 rings (SSSR count). The Kier molecular flexibility index (Phi) is 2.46. The van der Waals surface area contributed by atoms with Crippen LogP contribution >= 0.6 is 0 Å². The van der Waals surface area contributed by atoms with E-state index in [2.05, 4.69) is 11.0 Å². The molecule has 18 heavy (non-hydrogen) atoms. The zero-order valence-electron chi connectivity index (χ0n) is 10.4. The van der Waals surface area contributed by atoms with Gasteiger partial charge in [0.25, 0.3) is 0 Å². The summed E-state index contributed by atoms with van der Waals surface area (Å²) in [6.07, 6.45) is 2.26. The molecule has 0 unspecified atom stereocenters. The summed E-state index contributed by atoms with van der Waals surface area (Å²) in [5.41, 5.74) is 0.964. The Morgan fingerprint density at radius 1 is 1.44 bits per heavy atom. The smallest absolute Gasteiger partial charge is 0.121 e. The van der Waals surface area contributed by atoms with Crippen molar-refractivity contribution in [2.24, 2.45) is 5.92 Å². The molecule has 0 radical (unpaired) electrons. The molecular weight excluding hydrogens is 228 g/mol. The van der Waals surface area contributed by atoms with E-state index in [-0.39, 0.29) is 0 Å². The predicted octanol–water partition coefficient (Wildman–Crippen LogP) is 1.53. The molecule has 0 amide bonds. The quantitative estimate of drug-likeness (QED) is 0.876. The zero-order chi connectivity index (χ0) is 12.8. The first-order chi connectivity index (χ1) is 8.66. The minimum absolute atomic E-state index is 0.463. The van der Waals surface area contributed by atoms with Gasteiger partial charge in [0, 0.05) is 19.2 Å². The van der Waals surface area contributed by atoms with Gasteiger partial charge in [0.2, 0.25) is 0 Å². The molecule has 1 saturated heterocycles. The predicted molar refractivity (Wildman–Crippen MR) is 67.6 cm³/mol. The van der Waals surface area contributed by atoms with Crippen molar-refractivity contribution in [3.8, 4) is 11.8 Å². The molecule has 2 aliphatic rings. The molecule has 0 aromatic heterocycles. The van der Waals surface area contributed by atoms with Gasteiger partial charge in [-0.15, -0.1) is 0 Å². The molecule has 4 heteroatoms. The summed E-state index contributed by atoms with van der Waals surface area (Å²) in [6, 6.07) is 7.61. The van der Waals surface area contributed by atoms with Crippen molar-refractivity contribution in [2.75, 3.05) is 25.1 Å². The number of benzene rings is 1. The number of nitrogens with zero attached hydrogens (tertiary/aromatic N) is 2. The van der Waals surface area contributed by atoms with E-state index in [1.54, 1.807) is 19.2 Å². The summed E-state index contributed by atoms with van der Waals surface area (Å²) in [4.78, 5) is 2.05. The Balaban J connectivity index is 1.82. The Hall–Kier alpha value is -1.73. The average Bonchev–Trinajstić information content (AvgIpc) is 3.18. The van der Waals surface area contributed by atoms with E-state index in [4.69, 9.17) is 10.00 Å². The van der Waals surface area contributed by atoms with E-state index in [0.717, 1.165) is 24.3 Å². The van der Waals surface area contributed by atoms with Crippen LogP contribution in [0.4, 0.5) is 5.69 Å². The largest absolute Gasteiger partial charge is 0.497 e. The van der Waals surface area contributed by atoms with Crippen LogP contribution in [0.2, 0.25) is 0 Å². The summed E-state index contributed by atoms with van der Waals surface area (Å²) in [7, 11) is 1.61. The highest BCUT2D eigenvalue weighted by molar-refractivity contribution is 5.64. The van der Waals surface area contributed by atoms with Gasteiger partial charge in [0.1, 0.15) is 17.4 Å². The number of anilines is 1. The maximum Gasteiger partial charge on any atom is 0.121 e. The number of aliphatic hydroxyl groups is 1. The summed E-state index contributed by atoms with van der Waals surface area (Å²) in [5.74, 6) is 1.20. The molecule has 0 bridgehead atoms. The van der Waals surface area contributed by atoms with Crippen LogP contribution in [-0.4, -0.2) is 30.9 Å². The number of methoxy groups -OCH3 is 1. The van der Waals surface area contributed by atoms with Gasteiger partial charge in [-0.25, -0.2) is 0 Å². The molecule has 2 fully saturated rings. The molecule has 1 heterocycles. The second-order valence-electron chi connectivity index (χ2n) is 5.23. The molecule has 1 aliphatic carbocycles. The van der Waals surface area contributed by atoms with Crippen molar-refractivity contribution in [3.63, 3.8) is 0 Å². The first-order valence-electron chi connectivity index (χ1n) is 6.22. The molecule has 1 aliphatic heterocycles. The van der Waals surface area contributed by atoms with Crippen molar-refractivity contribution in [2.45, 2.75) is 18.4 Å². The number of rotatable bonds is 3. The average molecular weight is 244 g/mol. The van der Waals surface area contributed by atoms with Gasteiger partial charge in [-0.3, -0.25) is 0 Å². The van der Waals surface area contributed by atoms with E-state index in [1.165, 1.54) is 0 Å². The lowest BCUT2D eigenvalue weighted by atomic mass is 9.87. The van der Waals surface area contributed by atoms with Gasteiger partial charge >= 0.3 is 0 Å². The van der Waals surface area contributed by atoms with Crippen molar-refractivity contribution in [1.29, 1.82) is 5.26 Å². The Bertz CT molecular complexity index is 511.